The number of allylic oxidation sites excluding steroid dienone is 1. The zero-order valence-corrected chi connectivity index (χ0v) is 7.78. The van der Waals surface area contributed by atoms with E-state index in [2.05, 4.69) is 8.92 Å². The van der Waals surface area contributed by atoms with Crippen LogP contribution in [0.4, 0.5) is 0 Å². The Morgan fingerprint density at radius 2 is 2.08 bits per heavy atom. The van der Waals surface area contributed by atoms with Crippen LogP contribution in [0.25, 0.3) is 0 Å². The summed E-state index contributed by atoms with van der Waals surface area (Å²) in [6, 6.07) is 0. The highest BCUT2D eigenvalue weighted by atomic mass is 32.3. The summed E-state index contributed by atoms with van der Waals surface area (Å²) in [5.74, 6) is -0.596. The fourth-order valence-corrected chi connectivity index (χ4v) is 0.744. The highest BCUT2D eigenvalue weighted by Gasteiger charge is 2.04. The third-order valence-electron chi connectivity index (χ3n) is 0.863. The number of carbonyl (C=O) groups is 1. The van der Waals surface area contributed by atoms with Gasteiger partial charge in [-0.2, -0.15) is 8.42 Å². The molecule has 0 radical (unpaired) electrons. The average molecular weight is 210 g/mol. The molecule has 0 aromatic carbocycles. The van der Waals surface area contributed by atoms with Gasteiger partial charge in [0, 0.05) is 6.08 Å². The van der Waals surface area contributed by atoms with Crippen LogP contribution in [0.3, 0.4) is 0 Å². The first-order chi connectivity index (χ1) is 5.95. The van der Waals surface area contributed by atoms with Crippen molar-refractivity contribution in [3.63, 3.8) is 0 Å². The number of ether oxygens (including phenoxy) is 1. The first-order valence-corrected chi connectivity index (χ1v) is 4.73. The molecule has 0 amide bonds. The Labute approximate surface area is 76.1 Å². The summed E-state index contributed by atoms with van der Waals surface area (Å²) >= 11 is 0. The van der Waals surface area contributed by atoms with E-state index >= 15 is 0 Å². The van der Waals surface area contributed by atoms with Crippen molar-refractivity contribution in [2.75, 3.05) is 13.2 Å². The second-order valence-corrected chi connectivity index (χ2v) is 3.01. The third-order valence-corrected chi connectivity index (χ3v) is 1.33. The highest BCUT2D eigenvalue weighted by molar-refractivity contribution is 7.80. The van der Waals surface area contributed by atoms with Gasteiger partial charge in [0.25, 0.3) is 0 Å². The van der Waals surface area contributed by atoms with Crippen molar-refractivity contribution in [3.8, 4) is 0 Å². The Balaban J connectivity index is 3.53. The Hall–Kier alpha value is -0.920. The van der Waals surface area contributed by atoms with Gasteiger partial charge in [-0.25, -0.2) is 8.98 Å². The molecular weight excluding hydrogens is 200 g/mol. The Morgan fingerprint density at radius 1 is 1.46 bits per heavy atom. The SMILES string of the molecule is C/C=C/C(=O)OCCOS(=O)(=O)O. The smallest absolute Gasteiger partial charge is 0.397 e. The second-order valence-electron chi connectivity index (χ2n) is 1.92. The van der Waals surface area contributed by atoms with Crippen molar-refractivity contribution in [2.24, 2.45) is 0 Å². The van der Waals surface area contributed by atoms with Gasteiger partial charge in [-0.05, 0) is 6.92 Å². The molecule has 0 spiro atoms. The first kappa shape index (κ1) is 12.1. The minimum atomic E-state index is -4.44. The summed E-state index contributed by atoms with van der Waals surface area (Å²) in [4.78, 5) is 10.6. The standard InChI is InChI=1S/C6H10O6S/c1-2-3-6(7)11-4-5-12-13(8,9)10/h2-3H,4-5H2,1H3,(H,8,9,10)/b3-2+. The molecule has 7 heteroatoms. The maximum atomic E-state index is 10.6. The van der Waals surface area contributed by atoms with E-state index in [1.54, 1.807) is 6.92 Å². The van der Waals surface area contributed by atoms with Crippen molar-refractivity contribution in [1.82, 2.24) is 0 Å². The number of carbonyl (C=O) groups excluding carboxylic acids is 1. The molecule has 0 atom stereocenters. The van der Waals surface area contributed by atoms with Crippen LogP contribution in [0.1, 0.15) is 6.92 Å². The number of hydrogen-bond acceptors (Lipinski definition) is 5. The largest absolute Gasteiger partial charge is 0.460 e. The van der Waals surface area contributed by atoms with Gasteiger partial charge < -0.3 is 4.74 Å². The van der Waals surface area contributed by atoms with Gasteiger partial charge in [-0.1, -0.05) is 6.08 Å². The summed E-state index contributed by atoms with van der Waals surface area (Å²) in [5, 5.41) is 0. The molecule has 0 aromatic rings. The summed E-state index contributed by atoms with van der Waals surface area (Å²) in [6.07, 6.45) is 2.65. The zero-order chi connectivity index (χ0) is 10.3. The molecule has 6 nitrogen and oxygen atoms in total. The van der Waals surface area contributed by atoms with Crippen molar-refractivity contribution < 1.29 is 26.7 Å². The molecule has 0 saturated carbocycles. The van der Waals surface area contributed by atoms with E-state index in [1.165, 1.54) is 12.2 Å². The number of esters is 1. The van der Waals surface area contributed by atoms with Crippen molar-refractivity contribution in [1.29, 1.82) is 0 Å². The third kappa shape index (κ3) is 8.99. The second kappa shape index (κ2) is 5.68. The van der Waals surface area contributed by atoms with E-state index in [-0.39, 0.29) is 6.61 Å². The average Bonchev–Trinajstić information content (AvgIpc) is 1.97. The quantitative estimate of drug-likeness (QED) is 0.295. The Bertz CT molecular complexity index is 277. The van der Waals surface area contributed by atoms with Gasteiger partial charge in [0.1, 0.15) is 13.2 Å². The predicted octanol–water partition coefficient (Wildman–Crippen LogP) is -0.0749. The lowest BCUT2D eigenvalue weighted by Crippen LogP contribution is -2.12. The predicted molar refractivity (Wildman–Crippen MR) is 43.3 cm³/mol. The molecule has 0 aromatic heterocycles. The number of rotatable bonds is 5. The summed E-state index contributed by atoms with van der Waals surface area (Å²) < 4.78 is 36.4. The van der Waals surface area contributed by atoms with Gasteiger partial charge in [-0.15, -0.1) is 0 Å². The fraction of sp³-hybridized carbons (Fsp3) is 0.500. The maximum Gasteiger partial charge on any atom is 0.397 e. The Morgan fingerprint density at radius 3 is 2.54 bits per heavy atom. The molecule has 0 aliphatic carbocycles. The topological polar surface area (TPSA) is 89.9 Å². The van der Waals surface area contributed by atoms with Crippen molar-refractivity contribution in [2.45, 2.75) is 6.92 Å². The normalized spacial score (nSPS) is 11.8. The minimum absolute atomic E-state index is 0.233. The van der Waals surface area contributed by atoms with E-state index in [1.807, 2.05) is 0 Å². The van der Waals surface area contributed by atoms with Crippen LogP contribution in [0.15, 0.2) is 12.2 Å². The van der Waals surface area contributed by atoms with Gasteiger partial charge in [0.15, 0.2) is 0 Å². The lowest BCUT2D eigenvalue weighted by atomic mass is 10.5. The molecule has 0 rings (SSSR count). The van der Waals surface area contributed by atoms with E-state index in [0.717, 1.165) is 0 Å². The molecule has 0 fully saturated rings. The number of hydrogen-bond donors (Lipinski definition) is 1. The highest BCUT2D eigenvalue weighted by Crippen LogP contribution is 1.87. The van der Waals surface area contributed by atoms with Gasteiger partial charge in [-0.3, -0.25) is 4.55 Å². The monoisotopic (exact) mass is 210 g/mol. The fourth-order valence-electron chi connectivity index (χ4n) is 0.466. The molecule has 76 valence electrons. The van der Waals surface area contributed by atoms with Crippen LogP contribution in [0.2, 0.25) is 0 Å². The van der Waals surface area contributed by atoms with Crippen LogP contribution in [0, 0.1) is 0 Å². The molecule has 0 bridgehead atoms. The Kier molecular flexibility index (Phi) is 5.28. The van der Waals surface area contributed by atoms with E-state index in [4.69, 9.17) is 4.55 Å². The molecule has 0 heterocycles. The summed E-state index contributed by atoms with van der Waals surface area (Å²) in [5.41, 5.74) is 0. The maximum absolute atomic E-state index is 10.6. The summed E-state index contributed by atoms with van der Waals surface area (Å²) in [6.45, 7) is 1.00. The van der Waals surface area contributed by atoms with E-state index in [9.17, 15) is 13.2 Å². The van der Waals surface area contributed by atoms with Gasteiger partial charge in [0.05, 0.1) is 0 Å². The zero-order valence-electron chi connectivity index (χ0n) is 6.97. The van der Waals surface area contributed by atoms with Crippen LogP contribution < -0.4 is 0 Å². The summed E-state index contributed by atoms with van der Waals surface area (Å²) in [7, 11) is -4.44. The van der Waals surface area contributed by atoms with Crippen LogP contribution in [0.5, 0.6) is 0 Å². The lowest BCUT2D eigenvalue weighted by Gasteiger charge is -2.00. The van der Waals surface area contributed by atoms with Crippen molar-refractivity contribution >= 4 is 16.4 Å². The molecule has 0 saturated heterocycles. The van der Waals surface area contributed by atoms with Crippen molar-refractivity contribution in [3.05, 3.63) is 12.2 Å². The van der Waals surface area contributed by atoms with Gasteiger partial charge in [0.2, 0.25) is 0 Å². The van der Waals surface area contributed by atoms with Crippen LogP contribution in [-0.2, 0) is 24.1 Å². The van der Waals surface area contributed by atoms with E-state index < -0.39 is 23.0 Å². The molecule has 1 N–H and O–H groups in total. The van der Waals surface area contributed by atoms with Crippen LogP contribution in [-0.4, -0.2) is 32.2 Å². The van der Waals surface area contributed by atoms with E-state index in [0.29, 0.717) is 0 Å². The molecule has 13 heavy (non-hydrogen) atoms. The molecule has 0 aliphatic heterocycles. The first-order valence-electron chi connectivity index (χ1n) is 3.37. The molecule has 0 unspecified atom stereocenters. The van der Waals surface area contributed by atoms with Gasteiger partial charge >= 0.3 is 16.4 Å². The molecular formula is C6H10O6S. The minimum Gasteiger partial charge on any atom is -0.460 e. The lowest BCUT2D eigenvalue weighted by molar-refractivity contribution is -0.138. The molecule has 0 aliphatic rings. The van der Waals surface area contributed by atoms with Crippen LogP contribution >= 0.6 is 0 Å².